The summed E-state index contributed by atoms with van der Waals surface area (Å²) < 4.78 is 10.3. The lowest BCUT2D eigenvalue weighted by Crippen LogP contribution is -2.11. The molecule has 0 aliphatic rings. The summed E-state index contributed by atoms with van der Waals surface area (Å²) in [5, 5.41) is 4.10. The van der Waals surface area contributed by atoms with E-state index in [2.05, 4.69) is 21.2 Å². The zero-order valence-electron chi connectivity index (χ0n) is 11.0. The third kappa shape index (κ3) is 4.91. The second-order valence-corrected chi connectivity index (χ2v) is 5.08. The van der Waals surface area contributed by atoms with E-state index >= 15 is 0 Å². The minimum Gasteiger partial charge on any atom is -0.493 e. The van der Waals surface area contributed by atoms with Crippen LogP contribution in [0.3, 0.4) is 0 Å². The summed E-state index contributed by atoms with van der Waals surface area (Å²) in [7, 11) is 3.07. The van der Waals surface area contributed by atoms with E-state index in [1.807, 2.05) is 0 Å². The largest absolute Gasteiger partial charge is 0.493 e. The molecule has 0 bridgehead atoms. The molecule has 0 radical (unpaired) electrons. The molecule has 6 heteroatoms. The molecule has 1 N–H and O–H groups in total. The molecular weight excluding hydrogens is 334 g/mol. The van der Waals surface area contributed by atoms with Crippen LogP contribution >= 0.6 is 27.5 Å². The monoisotopic (exact) mass is 349 g/mol. The summed E-state index contributed by atoms with van der Waals surface area (Å²) in [5.41, 5.74) is 0.531. The van der Waals surface area contributed by atoms with E-state index < -0.39 is 0 Å². The van der Waals surface area contributed by atoms with Gasteiger partial charge in [0, 0.05) is 23.9 Å². The Morgan fingerprint density at radius 1 is 1.26 bits per heavy atom. The molecule has 0 heterocycles. The molecule has 0 spiro atoms. The van der Waals surface area contributed by atoms with Gasteiger partial charge in [-0.05, 0) is 12.8 Å². The van der Waals surface area contributed by atoms with Gasteiger partial charge < -0.3 is 14.8 Å². The standard InChI is InChI=1S/C13H17BrClNO3/c1-18-11-7-9(15)10(8-12(11)19-2)16-13(17)5-3-4-6-14/h7-8H,3-6H2,1-2H3,(H,16,17). The predicted octanol–water partition coefficient (Wildman–Crippen LogP) is 3.86. The molecule has 0 atom stereocenters. The summed E-state index contributed by atoms with van der Waals surface area (Å²) in [5.74, 6) is 1.00. The quantitative estimate of drug-likeness (QED) is 0.600. The third-order valence-electron chi connectivity index (χ3n) is 2.53. The molecule has 19 heavy (non-hydrogen) atoms. The number of amides is 1. The molecule has 0 fully saturated rings. The van der Waals surface area contributed by atoms with Crippen LogP contribution in [0.15, 0.2) is 12.1 Å². The lowest BCUT2D eigenvalue weighted by molar-refractivity contribution is -0.116. The predicted molar refractivity (Wildman–Crippen MR) is 80.8 cm³/mol. The number of ether oxygens (including phenoxy) is 2. The normalized spacial score (nSPS) is 10.1. The Bertz CT molecular complexity index is 440. The van der Waals surface area contributed by atoms with Gasteiger partial charge in [0.25, 0.3) is 0 Å². The summed E-state index contributed by atoms with van der Waals surface area (Å²) in [6, 6.07) is 3.28. The molecule has 0 aliphatic carbocycles. The van der Waals surface area contributed by atoms with E-state index in [1.54, 1.807) is 12.1 Å². The van der Waals surface area contributed by atoms with Crippen LogP contribution in [-0.2, 0) is 4.79 Å². The van der Waals surface area contributed by atoms with E-state index in [9.17, 15) is 4.79 Å². The molecule has 0 aliphatic heterocycles. The molecule has 1 rings (SSSR count). The second-order valence-electron chi connectivity index (χ2n) is 3.88. The van der Waals surface area contributed by atoms with Gasteiger partial charge >= 0.3 is 0 Å². The highest BCUT2D eigenvalue weighted by molar-refractivity contribution is 9.09. The van der Waals surface area contributed by atoms with Crippen LogP contribution in [0, 0.1) is 0 Å². The Morgan fingerprint density at radius 2 is 1.89 bits per heavy atom. The number of hydrogen-bond donors (Lipinski definition) is 1. The second kappa shape index (κ2) is 8.27. The van der Waals surface area contributed by atoms with Gasteiger partial charge in [-0.25, -0.2) is 0 Å². The van der Waals surface area contributed by atoms with Crippen molar-refractivity contribution in [2.75, 3.05) is 24.9 Å². The van der Waals surface area contributed by atoms with Gasteiger partial charge in [0.1, 0.15) is 0 Å². The fraction of sp³-hybridized carbons (Fsp3) is 0.462. The highest BCUT2D eigenvalue weighted by atomic mass is 79.9. The number of nitrogens with one attached hydrogen (secondary N) is 1. The first kappa shape index (κ1) is 16.1. The number of alkyl halides is 1. The fourth-order valence-corrected chi connectivity index (χ4v) is 2.14. The Kier molecular flexibility index (Phi) is 7.02. The molecule has 0 saturated carbocycles. The van der Waals surface area contributed by atoms with Gasteiger partial charge in [-0.1, -0.05) is 27.5 Å². The number of halogens is 2. The van der Waals surface area contributed by atoms with Crippen molar-refractivity contribution >= 4 is 39.1 Å². The van der Waals surface area contributed by atoms with Crippen LogP contribution < -0.4 is 14.8 Å². The zero-order valence-corrected chi connectivity index (χ0v) is 13.3. The van der Waals surface area contributed by atoms with Crippen molar-refractivity contribution in [3.05, 3.63) is 17.2 Å². The first-order valence-corrected chi connectivity index (χ1v) is 7.39. The highest BCUT2D eigenvalue weighted by Gasteiger charge is 2.11. The minimum atomic E-state index is -0.0601. The number of hydrogen-bond acceptors (Lipinski definition) is 3. The van der Waals surface area contributed by atoms with Crippen LogP contribution in [0.2, 0.25) is 5.02 Å². The lowest BCUT2D eigenvalue weighted by atomic mass is 10.2. The van der Waals surface area contributed by atoms with E-state index in [1.165, 1.54) is 14.2 Å². The van der Waals surface area contributed by atoms with Crippen molar-refractivity contribution in [1.82, 2.24) is 0 Å². The van der Waals surface area contributed by atoms with Gasteiger partial charge in [-0.3, -0.25) is 4.79 Å². The van der Waals surface area contributed by atoms with E-state index in [4.69, 9.17) is 21.1 Å². The number of methoxy groups -OCH3 is 2. The number of unbranched alkanes of at least 4 members (excludes halogenated alkanes) is 1. The summed E-state index contributed by atoms with van der Waals surface area (Å²) in [6.45, 7) is 0. The number of benzene rings is 1. The Morgan fingerprint density at radius 3 is 2.47 bits per heavy atom. The smallest absolute Gasteiger partial charge is 0.224 e. The first-order valence-electron chi connectivity index (χ1n) is 5.89. The van der Waals surface area contributed by atoms with E-state index in [-0.39, 0.29) is 5.91 Å². The zero-order chi connectivity index (χ0) is 14.3. The van der Waals surface area contributed by atoms with Crippen molar-refractivity contribution in [2.24, 2.45) is 0 Å². The Labute approximate surface area is 126 Å². The van der Waals surface area contributed by atoms with Crippen LogP contribution in [0.4, 0.5) is 5.69 Å². The van der Waals surface area contributed by atoms with Crippen molar-refractivity contribution in [3.63, 3.8) is 0 Å². The van der Waals surface area contributed by atoms with Gasteiger partial charge in [-0.2, -0.15) is 0 Å². The maximum atomic E-state index is 11.7. The molecular formula is C13H17BrClNO3. The molecule has 1 amide bonds. The molecule has 0 aromatic heterocycles. The maximum Gasteiger partial charge on any atom is 0.224 e. The topological polar surface area (TPSA) is 47.6 Å². The lowest BCUT2D eigenvalue weighted by Gasteiger charge is -2.12. The molecule has 106 valence electrons. The number of carbonyl (C=O) groups excluding carboxylic acids is 1. The van der Waals surface area contributed by atoms with E-state index in [0.29, 0.717) is 28.6 Å². The first-order chi connectivity index (χ1) is 9.12. The van der Waals surface area contributed by atoms with Gasteiger partial charge in [0.15, 0.2) is 11.5 Å². The average Bonchev–Trinajstić information content (AvgIpc) is 2.40. The van der Waals surface area contributed by atoms with Crippen LogP contribution in [0.25, 0.3) is 0 Å². The summed E-state index contributed by atoms with van der Waals surface area (Å²) in [4.78, 5) is 11.7. The molecule has 1 aromatic rings. The molecule has 0 saturated heterocycles. The van der Waals surface area contributed by atoms with Crippen LogP contribution in [-0.4, -0.2) is 25.5 Å². The third-order valence-corrected chi connectivity index (χ3v) is 3.41. The Hall–Kier alpha value is -0.940. The van der Waals surface area contributed by atoms with Crippen molar-refractivity contribution in [1.29, 1.82) is 0 Å². The minimum absolute atomic E-state index is 0.0601. The number of carbonyl (C=O) groups is 1. The Balaban J connectivity index is 2.75. The highest BCUT2D eigenvalue weighted by Crippen LogP contribution is 2.36. The van der Waals surface area contributed by atoms with Gasteiger partial charge in [-0.15, -0.1) is 0 Å². The fourth-order valence-electron chi connectivity index (χ4n) is 1.54. The maximum absolute atomic E-state index is 11.7. The number of rotatable bonds is 7. The van der Waals surface area contributed by atoms with Crippen molar-refractivity contribution in [3.8, 4) is 11.5 Å². The average molecular weight is 351 g/mol. The number of anilines is 1. The summed E-state index contributed by atoms with van der Waals surface area (Å²) in [6.07, 6.45) is 2.27. The molecule has 1 aromatic carbocycles. The van der Waals surface area contributed by atoms with E-state index in [0.717, 1.165) is 18.2 Å². The van der Waals surface area contributed by atoms with Gasteiger partial charge in [0.05, 0.1) is 24.9 Å². The molecule has 0 unspecified atom stereocenters. The van der Waals surface area contributed by atoms with Crippen LogP contribution in [0.1, 0.15) is 19.3 Å². The summed E-state index contributed by atoms with van der Waals surface area (Å²) >= 11 is 9.41. The van der Waals surface area contributed by atoms with Crippen molar-refractivity contribution < 1.29 is 14.3 Å². The van der Waals surface area contributed by atoms with Crippen molar-refractivity contribution in [2.45, 2.75) is 19.3 Å². The molecule has 4 nitrogen and oxygen atoms in total. The SMILES string of the molecule is COc1cc(Cl)c(NC(=O)CCCCBr)cc1OC. The van der Waals surface area contributed by atoms with Gasteiger partial charge in [0.2, 0.25) is 5.91 Å². The van der Waals surface area contributed by atoms with Crippen LogP contribution in [0.5, 0.6) is 11.5 Å².